The van der Waals surface area contributed by atoms with Crippen molar-refractivity contribution in [3.63, 3.8) is 0 Å². The number of nitrogens with one attached hydrogen (secondary N) is 2. The first-order valence-electron chi connectivity index (χ1n) is 7.48. The zero-order valence-electron chi connectivity index (χ0n) is 13.2. The average molecular weight is 371 g/mol. The van der Waals surface area contributed by atoms with Crippen LogP contribution in [-0.4, -0.2) is 23.4 Å². The Balaban J connectivity index is 1.56. The molecular formula is C17H13N3O3S2. The minimum Gasteiger partial charge on any atom is -0.482 e. The molecular weight excluding hydrogens is 358 g/mol. The number of nitrogens with zero attached hydrogens (tertiary/aromatic N) is 1. The van der Waals surface area contributed by atoms with Crippen molar-refractivity contribution in [1.82, 2.24) is 4.98 Å². The molecule has 2 aromatic heterocycles. The van der Waals surface area contributed by atoms with E-state index in [0.29, 0.717) is 27.7 Å². The number of ether oxygens (including phenoxy) is 1. The molecule has 1 aromatic carbocycles. The van der Waals surface area contributed by atoms with Crippen LogP contribution >= 0.6 is 22.7 Å². The quantitative estimate of drug-likeness (QED) is 0.735. The van der Waals surface area contributed by atoms with Crippen LogP contribution in [0.5, 0.6) is 5.75 Å². The van der Waals surface area contributed by atoms with Crippen LogP contribution in [0.3, 0.4) is 0 Å². The van der Waals surface area contributed by atoms with Crippen LogP contribution in [0.15, 0.2) is 35.0 Å². The predicted octanol–water partition coefficient (Wildman–Crippen LogP) is 3.76. The Bertz CT molecular complexity index is 964. The van der Waals surface area contributed by atoms with E-state index < -0.39 is 0 Å². The molecule has 3 aromatic rings. The number of benzene rings is 1. The van der Waals surface area contributed by atoms with Crippen molar-refractivity contribution in [2.75, 3.05) is 17.2 Å². The number of carbonyl (C=O) groups excluding carboxylic acids is 2. The van der Waals surface area contributed by atoms with Gasteiger partial charge in [0.1, 0.15) is 15.6 Å². The van der Waals surface area contributed by atoms with Crippen LogP contribution in [0.2, 0.25) is 0 Å². The molecule has 0 bridgehead atoms. The summed E-state index contributed by atoms with van der Waals surface area (Å²) in [6.07, 6.45) is 0. The van der Waals surface area contributed by atoms with Gasteiger partial charge in [-0.1, -0.05) is 0 Å². The number of aryl methyl sites for hydroxylation is 1. The lowest BCUT2D eigenvalue weighted by Gasteiger charge is -2.18. The number of aromatic nitrogens is 1. The number of hydrogen-bond acceptors (Lipinski definition) is 6. The normalized spacial score (nSPS) is 12.9. The Morgan fingerprint density at radius 1 is 1.36 bits per heavy atom. The van der Waals surface area contributed by atoms with E-state index in [1.54, 1.807) is 29.5 Å². The average Bonchev–Trinajstić information content (AvgIpc) is 3.23. The summed E-state index contributed by atoms with van der Waals surface area (Å²) in [5.74, 6) is 0.153. The summed E-state index contributed by atoms with van der Waals surface area (Å²) >= 11 is 2.96. The summed E-state index contributed by atoms with van der Waals surface area (Å²) in [7, 11) is 0. The van der Waals surface area contributed by atoms with Gasteiger partial charge in [0.05, 0.1) is 11.4 Å². The van der Waals surface area contributed by atoms with E-state index in [1.165, 1.54) is 11.3 Å². The lowest BCUT2D eigenvalue weighted by molar-refractivity contribution is -0.118. The molecule has 8 heteroatoms. The number of amides is 2. The molecule has 126 valence electrons. The van der Waals surface area contributed by atoms with Crippen LogP contribution in [0.1, 0.15) is 15.4 Å². The van der Waals surface area contributed by atoms with Crippen molar-refractivity contribution in [2.45, 2.75) is 6.92 Å². The highest BCUT2D eigenvalue weighted by Gasteiger charge is 2.19. The zero-order valence-corrected chi connectivity index (χ0v) is 14.8. The molecule has 0 saturated heterocycles. The third-order valence-corrected chi connectivity index (χ3v) is 5.53. The lowest BCUT2D eigenvalue weighted by atomic mass is 10.2. The van der Waals surface area contributed by atoms with Gasteiger partial charge in [0.2, 0.25) is 0 Å². The predicted molar refractivity (Wildman–Crippen MR) is 98.7 cm³/mol. The molecule has 0 unspecified atom stereocenters. The fourth-order valence-corrected chi connectivity index (χ4v) is 4.14. The molecule has 0 aliphatic carbocycles. The number of hydrogen-bond donors (Lipinski definition) is 2. The van der Waals surface area contributed by atoms with Crippen molar-refractivity contribution >= 4 is 45.9 Å². The summed E-state index contributed by atoms with van der Waals surface area (Å²) in [5, 5.41) is 10.4. The Morgan fingerprint density at radius 3 is 3.04 bits per heavy atom. The van der Waals surface area contributed by atoms with Crippen molar-refractivity contribution in [1.29, 1.82) is 0 Å². The van der Waals surface area contributed by atoms with E-state index in [-0.39, 0.29) is 18.4 Å². The largest absolute Gasteiger partial charge is 0.482 e. The molecule has 0 saturated carbocycles. The third-order valence-electron chi connectivity index (χ3n) is 3.64. The molecule has 2 amide bonds. The van der Waals surface area contributed by atoms with Gasteiger partial charge in [-0.3, -0.25) is 9.59 Å². The summed E-state index contributed by atoms with van der Waals surface area (Å²) in [4.78, 5) is 29.1. The molecule has 6 nitrogen and oxygen atoms in total. The van der Waals surface area contributed by atoms with Gasteiger partial charge >= 0.3 is 0 Å². The van der Waals surface area contributed by atoms with Gasteiger partial charge in [-0.05, 0) is 36.6 Å². The highest BCUT2D eigenvalue weighted by molar-refractivity contribution is 7.17. The third kappa shape index (κ3) is 3.13. The Labute approximate surface area is 151 Å². The van der Waals surface area contributed by atoms with Crippen LogP contribution in [-0.2, 0) is 4.79 Å². The van der Waals surface area contributed by atoms with Gasteiger partial charge in [-0.2, -0.15) is 11.3 Å². The summed E-state index contributed by atoms with van der Waals surface area (Å²) in [6.45, 7) is 1.83. The van der Waals surface area contributed by atoms with Crippen molar-refractivity contribution in [3.05, 3.63) is 45.6 Å². The molecule has 1 aliphatic rings. The van der Waals surface area contributed by atoms with Crippen molar-refractivity contribution in [3.8, 4) is 16.3 Å². The highest BCUT2D eigenvalue weighted by atomic mass is 32.1. The molecule has 2 N–H and O–H groups in total. The van der Waals surface area contributed by atoms with E-state index in [4.69, 9.17) is 4.74 Å². The molecule has 0 fully saturated rings. The standard InChI is InChI=1S/C17H13N3O3S2/c1-9-15(25-17(18-9)10-4-5-24-8-10)16(22)19-11-2-3-13-12(6-11)20-14(21)7-23-13/h2-6,8H,7H2,1H3,(H,19,22)(H,20,21). The second-order valence-corrected chi connectivity index (χ2v) is 7.23. The van der Waals surface area contributed by atoms with Crippen LogP contribution in [0, 0.1) is 6.92 Å². The molecule has 0 atom stereocenters. The summed E-state index contributed by atoms with van der Waals surface area (Å²) in [6, 6.07) is 7.13. The van der Waals surface area contributed by atoms with Crippen molar-refractivity contribution in [2.24, 2.45) is 0 Å². The van der Waals surface area contributed by atoms with Gasteiger partial charge in [-0.25, -0.2) is 4.98 Å². The van der Waals surface area contributed by atoms with Gasteiger partial charge in [0.15, 0.2) is 6.61 Å². The maximum absolute atomic E-state index is 12.6. The number of thiophene rings is 1. The first-order chi connectivity index (χ1) is 12.1. The SMILES string of the molecule is Cc1nc(-c2ccsc2)sc1C(=O)Nc1ccc2c(c1)NC(=O)CO2. The number of rotatable bonds is 3. The van der Waals surface area contributed by atoms with Crippen LogP contribution in [0.4, 0.5) is 11.4 Å². The van der Waals surface area contributed by atoms with E-state index in [0.717, 1.165) is 10.6 Å². The lowest BCUT2D eigenvalue weighted by Crippen LogP contribution is -2.25. The summed E-state index contributed by atoms with van der Waals surface area (Å²) < 4.78 is 5.31. The Morgan fingerprint density at radius 2 is 2.24 bits per heavy atom. The number of carbonyl (C=O) groups is 2. The molecule has 1 aliphatic heterocycles. The molecule has 0 radical (unpaired) electrons. The number of anilines is 2. The smallest absolute Gasteiger partial charge is 0.267 e. The highest BCUT2D eigenvalue weighted by Crippen LogP contribution is 2.32. The molecule has 3 heterocycles. The molecule has 4 rings (SSSR count). The van der Waals surface area contributed by atoms with Gasteiger partial charge < -0.3 is 15.4 Å². The second kappa shape index (κ2) is 6.30. The van der Waals surface area contributed by atoms with Gasteiger partial charge in [-0.15, -0.1) is 11.3 Å². The van der Waals surface area contributed by atoms with E-state index >= 15 is 0 Å². The van der Waals surface area contributed by atoms with Crippen LogP contribution in [0.25, 0.3) is 10.6 Å². The maximum Gasteiger partial charge on any atom is 0.267 e. The molecule has 25 heavy (non-hydrogen) atoms. The minimum absolute atomic E-state index is 0.00409. The minimum atomic E-state index is -0.223. The first-order valence-corrected chi connectivity index (χ1v) is 9.24. The topological polar surface area (TPSA) is 80.3 Å². The fourth-order valence-electron chi connectivity index (χ4n) is 2.47. The number of fused-ring (bicyclic) bond motifs is 1. The van der Waals surface area contributed by atoms with E-state index in [1.807, 2.05) is 23.8 Å². The Kier molecular flexibility index (Phi) is 3.98. The molecule has 0 spiro atoms. The van der Waals surface area contributed by atoms with Crippen LogP contribution < -0.4 is 15.4 Å². The van der Waals surface area contributed by atoms with Gasteiger partial charge in [0.25, 0.3) is 11.8 Å². The zero-order chi connectivity index (χ0) is 17.4. The first kappa shape index (κ1) is 15.8. The maximum atomic E-state index is 12.6. The van der Waals surface area contributed by atoms with Crippen molar-refractivity contribution < 1.29 is 14.3 Å². The number of thiazole rings is 1. The van der Waals surface area contributed by atoms with E-state index in [9.17, 15) is 9.59 Å². The fraction of sp³-hybridized carbons (Fsp3) is 0.118. The van der Waals surface area contributed by atoms with Gasteiger partial charge in [0, 0.05) is 16.6 Å². The Hall–Kier alpha value is -2.71. The second-order valence-electron chi connectivity index (χ2n) is 5.45. The van der Waals surface area contributed by atoms with E-state index in [2.05, 4.69) is 15.6 Å². The summed E-state index contributed by atoms with van der Waals surface area (Å²) in [5.41, 5.74) is 2.84. The monoisotopic (exact) mass is 371 g/mol.